The van der Waals surface area contributed by atoms with E-state index in [0.29, 0.717) is 5.92 Å². The molecule has 2 aromatic rings. The van der Waals surface area contributed by atoms with Gasteiger partial charge in [0.1, 0.15) is 0 Å². The molecule has 1 atom stereocenters. The van der Waals surface area contributed by atoms with Crippen molar-refractivity contribution in [2.75, 3.05) is 7.05 Å². The predicted molar refractivity (Wildman–Crippen MR) is 104 cm³/mol. The Labute approximate surface area is 145 Å². The summed E-state index contributed by atoms with van der Waals surface area (Å²) in [6.45, 7) is 8.51. The quantitative estimate of drug-likeness (QED) is 0.736. The van der Waals surface area contributed by atoms with Crippen LogP contribution in [0.2, 0.25) is 0 Å². The van der Waals surface area contributed by atoms with Crippen LogP contribution in [0, 0.1) is 0 Å². The third-order valence-electron chi connectivity index (χ3n) is 3.73. The highest BCUT2D eigenvalue weighted by Gasteiger charge is 2.09. The summed E-state index contributed by atoms with van der Waals surface area (Å²) in [6.07, 6.45) is 6.61. The van der Waals surface area contributed by atoms with E-state index in [1.165, 1.54) is 11.1 Å². The van der Waals surface area contributed by atoms with Gasteiger partial charge in [-0.3, -0.25) is 15.0 Å². The molecule has 0 aliphatic heterocycles. The Kier molecular flexibility index (Phi) is 6.02. The van der Waals surface area contributed by atoms with Gasteiger partial charge in [0.15, 0.2) is 0 Å². The lowest BCUT2D eigenvalue weighted by atomic mass is 9.93. The normalized spacial score (nSPS) is 13.7. The molecule has 3 nitrogen and oxygen atoms in total. The van der Waals surface area contributed by atoms with E-state index in [1.807, 2.05) is 18.6 Å². The van der Waals surface area contributed by atoms with Crippen LogP contribution in [-0.2, 0) is 6.42 Å². The zero-order valence-electron chi connectivity index (χ0n) is 15.3. The third-order valence-corrected chi connectivity index (χ3v) is 3.73. The topological polar surface area (TPSA) is 37.6 Å². The molecule has 0 aliphatic rings. The Bertz CT molecular complexity index is 724. The van der Waals surface area contributed by atoms with Gasteiger partial charge in [0.05, 0.1) is 11.2 Å². The first-order valence-corrected chi connectivity index (χ1v) is 8.39. The molecule has 0 spiro atoms. The van der Waals surface area contributed by atoms with Crippen LogP contribution in [0.1, 0.15) is 56.0 Å². The average molecular weight is 321 g/mol. The molecular weight excluding hydrogens is 294 g/mol. The monoisotopic (exact) mass is 321 g/mol. The van der Waals surface area contributed by atoms with Crippen molar-refractivity contribution in [3.63, 3.8) is 0 Å². The number of rotatable bonds is 5. The molecule has 126 valence electrons. The van der Waals surface area contributed by atoms with Crippen molar-refractivity contribution in [2.45, 2.75) is 45.6 Å². The van der Waals surface area contributed by atoms with E-state index in [0.717, 1.165) is 17.7 Å². The fraction of sp³-hybridized carbons (Fsp3) is 0.381. The molecule has 1 aromatic heterocycles. The van der Waals surface area contributed by atoms with Crippen molar-refractivity contribution in [2.24, 2.45) is 9.98 Å². The van der Waals surface area contributed by atoms with Crippen molar-refractivity contribution in [3.05, 3.63) is 65.0 Å². The first-order chi connectivity index (χ1) is 11.4. The van der Waals surface area contributed by atoms with E-state index < -0.39 is 0 Å². The first kappa shape index (κ1) is 18.1. The lowest BCUT2D eigenvalue weighted by Gasteiger charge is -2.13. The van der Waals surface area contributed by atoms with Crippen LogP contribution in [0.5, 0.6) is 0 Å². The number of pyridine rings is 1. The van der Waals surface area contributed by atoms with Crippen LogP contribution in [0.15, 0.2) is 52.6 Å². The molecule has 0 saturated carbocycles. The van der Waals surface area contributed by atoms with Gasteiger partial charge in [0.25, 0.3) is 0 Å². The van der Waals surface area contributed by atoms with Crippen LogP contribution >= 0.6 is 0 Å². The van der Waals surface area contributed by atoms with Crippen molar-refractivity contribution in [1.82, 2.24) is 4.98 Å². The zero-order valence-corrected chi connectivity index (χ0v) is 15.3. The fourth-order valence-electron chi connectivity index (χ4n) is 2.52. The largest absolute Gasteiger partial charge is 0.296 e. The molecule has 0 fully saturated rings. The number of aliphatic imine (C=N–C) groups is 2. The molecular formula is C21H27N3. The van der Waals surface area contributed by atoms with Gasteiger partial charge >= 0.3 is 0 Å². The second kappa shape index (κ2) is 8.00. The van der Waals surface area contributed by atoms with Crippen LogP contribution in [0.4, 0.5) is 0 Å². The Balaban J connectivity index is 2.13. The van der Waals surface area contributed by atoms with Crippen molar-refractivity contribution >= 4 is 12.4 Å². The fourth-order valence-corrected chi connectivity index (χ4v) is 2.52. The summed E-state index contributed by atoms with van der Waals surface area (Å²) in [4.78, 5) is 13.0. The van der Waals surface area contributed by atoms with Gasteiger partial charge in [-0.25, -0.2) is 0 Å². The molecule has 0 aliphatic carbocycles. The number of hydrogen-bond donors (Lipinski definition) is 0. The maximum absolute atomic E-state index is 4.54. The molecule has 0 N–H and O–H groups in total. The Hall–Kier alpha value is -2.29. The minimum absolute atomic E-state index is 0.0771. The molecule has 1 unspecified atom stereocenters. The lowest BCUT2D eigenvalue weighted by molar-refractivity contribution is 0.586. The molecule has 1 heterocycles. The van der Waals surface area contributed by atoms with Gasteiger partial charge in [-0.15, -0.1) is 0 Å². The van der Waals surface area contributed by atoms with Crippen LogP contribution in [0.25, 0.3) is 0 Å². The Morgan fingerprint density at radius 3 is 2.62 bits per heavy atom. The van der Waals surface area contributed by atoms with Gasteiger partial charge in [-0.1, -0.05) is 25.1 Å². The molecule has 24 heavy (non-hydrogen) atoms. The summed E-state index contributed by atoms with van der Waals surface area (Å²) < 4.78 is 0. The van der Waals surface area contributed by atoms with Crippen molar-refractivity contribution in [1.29, 1.82) is 0 Å². The molecule has 3 heteroatoms. The highest BCUT2D eigenvalue weighted by molar-refractivity contribution is 5.79. The van der Waals surface area contributed by atoms with E-state index in [2.05, 4.69) is 79.1 Å². The summed E-state index contributed by atoms with van der Waals surface area (Å²) in [5.41, 5.74) is 4.60. The van der Waals surface area contributed by atoms with Gasteiger partial charge in [-0.2, -0.15) is 0 Å². The Morgan fingerprint density at radius 1 is 1.12 bits per heavy atom. The standard InChI is InChI=1S/C21H27N3/c1-16(19-8-6-7-18(12-19)14-22-5)11-17-9-10-23-20(13-17)15-24-21(2,3)4/h6-10,12-16H,11H2,1-5H3. The summed E-state index contributed by atoms with van der Waals surface area (Å²) >= 11 is 0. The predicted octanol–water partition coefficient (Wildman–Crippen LogP) is 4.69. The van der Waals surface area contributed by atoms with E-state index in [-0.39, 0.29) is 5.54 Å². The highest BCUT2D eigenvalue weighted by Crippen LogP contribution is 2.21. The molecule has 0 saturated heterocycles. The van der Waals surface area contributed by atoms with E-state index in [4.69, 9.17) is 0 Å². The van der Waals surface area contributed by atoms with Crippen LogP contribution in [0.3, 0.4) is 0 Å². The maximum Gasteiger partial charge on any atom is 0.0810 e. The lowest BCUT2D eigenvalue weighted by Crippen LogP contribution is -2.10. The van der Waals surface area contributed by atoms with Gasteiger partial charge in [-0.05, 0) is 68.0 Å². The number of nitrogens with zero attached hydrogens (tertiary/aromatic N) is 3. The van der Waals surface area contributed by atoms with Crippen LogP contribution in [-0.4, -0.2) is 30.0 Å². The molecule has 2 rings (SSSR count). The number of aromatic nitrogens is 1. The highest BCUT2D eigenvalue weighted by atomic mass is 14.8. The first-order valence-electron chi connectivity index (χ1n) is 8.39. The molecule has 0 radical (unpaired) electrons. The van der Waals surface area contributed by atoms with Gasteiger partial charge < -0.3 is 0 Å². The van der Waals surface area contributed by atoms with Crippen LogP contribution < -0.4 is 0 Å². The van der Waals surface area contributed by atoms with Gasteiger partial charge in [0, 0.05) is 25.7 Å². The summed E-state index contributed by atoms with van der Waals surface area (Å²) in [6, 6.07) is 12.8. The molecule has 0 amide bonds. The molecule has 0 bridgehead atoms. The van der Waals surface area contributed by atoms with Crippen molar-refractivity contribution in [3.8, 4) is 0 Å². The maximum atomic E-state index is 4.54. The minimum Gasteiger partial charge on any atom is -0.296 e. The Morgan fingerprint density at radius 2 is 1.92 bits per heavy atom. The molecule has 1 aromatic carbocycles. The van der Waals surface area contributed by atoms with E-state index >= 15 is 0 Å². The number of benzene rings is 1. The summed E-state index contributed by atoms with van der Waals surface area (Å²) in [7, 11) is 1.80. The third kappa shape index (κ3) is 5.73. The van der Waals surface area contributed by atoms with E-state index in [1.54, 1.807) is 7.05 Å². The zero-order chi connectivity index (χ0) is 17.6. The summed E-state index contributed by atoms with van der Waals surface area (Å²) in [5.74, 6) is 0.435. The average Bonchev–Trinajstić information content (AvgIpc) is 2.53. The SMILES string of the molecule is CN=Cc1cccc(C(C)Cc2ccnc(C=NC(C)(C)C)c2)c1. The second-order valence-corrected chi connectivity index (χ2v) is 7.18. The summed E-state index contributed by atoms with van der Waals surface area (Å²) in [5, 5.41) is 0. The van der Waals surface area contributed by atoms with Crippen molar-refractivity contribution < 1.29 is 0 Å². The smallest absolute Gasteiger partial charge is 0.0810 e. The van der Waals surface area contributed by atoms with E-state index in [9.17, 15) is 0 Å². The van der Waals surface area contributed by atoms with Gasteiger partial charge in [0.2, 0.25) is 0 Å². The minimum atomic E-state index is -0.0771. The second-order valence-electron chi connectivity index (χ2n) is 7.18. The number of hydrogen-bond acceptors (Lipinski definition) is 3.